The molecule has 0 aliphatic carbocycles. The van der Waals surface area contributed by atoms with Crippen LogP contribution in [0, 0.1) is 0 Å². The number of carbonyl (C=O) groups excluding carboxylic acids is 1. The molecule has 0 radical (unpaired) electrons. The van der Waals surface area contributed by atoms with E-state index in [9.17, 15) is 4.79 Å². The van der Waals surface area contributed by atoms with Crippen LogP contribution in [-0.4, -0.2) is 22.3 Å². The minimum atomic E-state index is 0.255. The maximum absolute atomic E-state index is 11.3. The number of carbonyl (C=O) groups is 1. The van der Waals surface area contributed by atoms with Crippen LogP contribution in [0.25, 0.3) is 0 Å². The predicted molar refractivity (Wildman–Crippen MR) is 48.9 cm³/mol. The Labute approximate surface area is 77.4 Å². The van der Waals surface area contributed by atoms with Crippen LogP contribution < -0.4 is 0 Å². The van der Waals surface area contributed by atoms with Gasteiger partial charge < -0.3 is 4.90 Å². The molecule has 3 heteroatoms. The van der Waals surface area contributed by atoms with Gasteiger partial charge in [-0.3, -0.25) is 9.78 Å². The van der Waals surface area contributed by atoms with Crippen LogP contribution in [0.4, 0.5) is 0 Å². The molecule has 0 unspecified atom stereocenters. The lowest BCUT2D eigenvalue weighted by Gasteiger charge is -2.14. The maximum Gasteiger partial charge on any atom is 0.222 e. The third kappa shape index (κ3) is 1.86. The number of aromatic nitrogens is 1. The fourth-order valence-electron chi connectivity index (χ4n) is 1.56. The van der Waals surface area contributed by atoms with Gasteiger partial charge in [-0.25, -0.2) is 0 Å². The summed E-state index contributed by atoms with van der Waals surface area (Å²) >= 11 is 0. The minimum Gasteiger partial charge on any atom is -0.337 e. The van der Waals surface area contributed by atoms with Crippen LogP contribution in [0.15, 0.2) is 24.4 Å². The van der Waals surface area contributed by atoms with Crippen LogP contribution in [0.2, 0.25) is 0 Å². The lowest BCUT2D eigenvalue weighted by Crippen LogP contribution is -2.24. The normalized spacial score (nSPS) is 16.6. The molecule has 2 rings (SSSR count). The van der Waals surface area contributed by atoms with Gasteiger partial charge in [0.25, 0.3) is 0 Å². The molecule has 13 heavy (non-hydrogen) atoms. The molecule has 0 saturated carbocycles. The van der Waals surface area contributed by atoms with Gasteiger partial charge in [-0.15, -0.1) is 0 Å². The molecule has 1 fully saturated rings. The van der Waals surface area contributed by atoms with E-state index in [-0.39, 0.29) is 5.91 Å². The van der Waals surface area contributed by atoms with Crippen molar-refractivity contribution in [1.29, 1.82) is 0 Å². The van der Waals surface area contributed by atoms with Crippen molar-refractivity contribution in [3.8, 4) is 0 Å². The Bertz CT molecular complexity index is 297. The van der Waals surface area contributed by atoms with E-state index >= 15 is 0 Å². The summed E-state index contributed by atoms with van der Waals surface area (Å²) in [7, 11) is 0. The van der Waals surface area contributed by atoms with Gasteiger partial charge in [0, 0.05) is 19.2 Å². The summed E-state index contributed by atoms with van der Waals surface area (Å²) in [5, 5.41) is 0. The van der Waals surface area contributed by atoms with E-state index in [0.29, 0.717) is 13.0 Å². The maximum atomic E-state index is 11.3. The number of nitrogens with zero attached hydrogens (tertiary/aromatic N) is 2. The first-order valence-electron chi connectivity index (χ1n) is 4.54. The summed E-state index contributed by atoms with van der Waals surface area (Å²) in [5.74, 6) is 0.255. The second-order valence-electron chi connectivity index (χ2n) is 3.24. The second kappa shape index (κ2) is 3.56. The molecular formula is C10H12N2O. The first-order valence-corrected chi connectivity index (χ1v) is 4.54. The van der Waals surface area contributed by atoms with Gasteiger partial charge in [-0.2, -0.15) is 0 Å². The summed E-state index contributed by atoms with van der Waals surface area (Å²) < 4.78 is 0. The number of hydrogen-bond acceptors (Lipinski definition) is 2. The quantitative estimate of drug-likeness (QED) is 0.678. The summed E-state index contributed by atoms with van der Waals surface area (Å²) in [5.41, 5.74) is 0.970. The van der Waals surface area contributed by atoms with Crippen LogP contribution in [0.3, 0.4) is 0 Å². The molecule has 1 saturated heterocycles. The Morgan fingerprint density at radius 1 is 1.46 bits per heavy atom. The third-order valence-electron chi connectivity index (χ3n) is 2.25. The molecule has 0 atom stereocenters. The highest BCUT2D eigenvalue weighted by molar-refractivity contribution is 5.77. The SMILES string of the molecule is O=C1CCCN1Cc1ccccn1. The van der Waals surface area contributed by atoms with Crippen LogP contribution in [0.5, 0.6) is 0 Å². The molecule has 1 aliphatic rings. The van der Waals surface area contributed by atoms with Gasteiger partial charge in [0.05, 0.1) is 12.2 Å². The van der Waals surface area contributed by atoms with E-state index < -0.39 is 0 Å². The zero-order valence-corrected chi connectivity index (χ0v) is 7.44. The average Bonchev–Trinajstić information content (AvgIpc) is 2.54. The molecule has 1 aromatic rings. The minimum absolute atomic E-state index is 0.255. The largest absolute Gasteiger partial charge is 0.337 e. The van der Waals surface area contributed by atoms with E-state index in [4.69, 9.17) is 0 Å². The van der Waals surface area contributed by atoms with Gasteiger partial charge in [-0.1, -0.05) is 6.07 Å². The summed E-state index contributed by atoms with van der Waals surface area (Å²) in [6, 6.07) is 5.78. The second-order valence-corrected chi connectivity index (χ2v) is 3.24. The van der Waals surface area contributed by atoms with Crippen LogP contribution in [0.1, 0.15) is 18.5 Å². The highest BCUT2D eigenvalue weighted by atomic mass is 16.2. The molecule has 0 spiro atoms. The molecule has 1 amide bonds. The molecule has 1 aliphatic heterocycles. The van der Waals surface area contributed by atoms with E-state index in [1.54, 1.807) is 6.20 Å². The van der Waals surface area contributed by atoms with E-state index in [1.165, 1.54) is 0 Å². The highest BCUT2D eigenvalue weighted by Crippen LogP contribution is 2.12. The van der Waals surface area contributed by atoms with Gasteiger partial charge in [-0.05, 0) is 18.6 Å². The van der Waals surface area contributed by atoms with Gasteiger partial charge in [0.1, 0.15) is 0 Å². The Morgan fingerprint density at radius 2 is 2.38 bits per heavy atom. The average molecular weight is 176 g/mol. The summed E-state index contributed by atoms with van der Waals surface area (Å²) in [6.07, 6.45) is 3.45. The number of amides is 1. The lowest BCUT2D eigenvalue weighted by molar-refractivity contribution is -0.128. The molecule has 0 N–H and O–H groups in total. The zero-order chi connectivity index (χ0) is 9.10. The molecule has 0 aromatic carbocycles. The number of likely N-dealkylation sites (tertiary alicyclic amines) is 1. The Balaban J connectivity index is 2.02. The van der Waals surface area contributed by atoms with Crippen molar-refractivity contribution < 1.29 is 4.79 Å². The Kier molecular flexibility index (Phi) is 2.25. The molecule has 68 valence electrons. The van der Waals surface area contributed by atoms with E-state index in [1.807, 2.05) is 23.1 Å². The first kappa shape index (κ1) is 8.23. The highest BCUT2D eigenvalue weighted by Gasteiger charge is 2.19. The molecule has 1 aromatic heterocycles. The van der Waals surface area contributed by atoms with Crippen molar-refractivity contribution >= 4 is 5.91 Å². The van der Waals surface area contributed by atoms with Crippen LogP contribution >= 0.6 is 0 Å². The molecule has 0 bridgehead atoms. The van der Waals surface area contributed by atoms with E-state index in [2.05, 4.69) is 4.98 Å². The number of hydrogen-bond donors (Lipinski definition) is 0. The molecular weight excluding hydrogens is 164 g/mol. The van der Waals surface area contributed by atoms with E-state index in [0.717, 1.165) is 18.7 Å². The summed E-state index contributed by atoms with van der Waals surface area (Å²) in [6.45, 7) is 1.55. The number of rotatable bonds is 2. The van der Waals surface area contributed by atoms with Gasteiger partial charge >= 0.3 is 0 Å². The first-order chi connectivity index (χ1) is 6.36. The zero-order valence-electron chi connectivity index (χ0n) is 7.44. The third-order valence-corrected chi connectivity index (χ3v) is 2.25. The van der Waals surface area contributed by atoms with Gasteiger partial charge in [0.15, 0.2) is 0 Å². The molecule has 3 nitrogen and oxygen atoms in total. The Hall–Kier alpha value is -1.38. The molecule has 2 heterocycles. The predicted octanol–water partition coefficient (Wildman–Crippen LogP) is 1.20. The van der Waals surface area contributed by atoms with Crippen molar-refractivity contribution in [2.24, 2.45) is 0 Å². The van der Waals surface area contributed by atoms with Crippen molar-refractivity contribution in [1.82, 2.24) is 9.88 Å². The van der Waals surface area contributed by atoms with Crippen molar-refractivity contribution in [3.63, 3.8) is 0 Å². The Morgan fingerprint density at radius 3 is 3.00 bits per heavy atom. The fraction of sp³-hybridized carbons (Fsp3) is 0.400. The van der Waals surface area contributed by atoms with Crippen molar-refractivity contribution in [2.75, 3.05) is 6.54 Å². The van der Waals surface area contributed by atoms with Crippen molar-refractivity contribution in [3.05, 3.63) is 30.1 Å². The van der Waals surface area contributed by atoms with Crippen LogP contribution in [-0.2, 0) is 11.3 Å². The number of pyridine rings is 1. The smallest absolute Gasteiger partial charge is 0.222 e. The topological polar surface area (TPSA) is 33.2 Å². The van der Waals surface area contributed by atoms with Crippen molar-refractivity contribution in [2.45, 2.75) is 19.4 Å². The fourth-order valence-corrected chi connectivity index (χ4v) is 1.56. The lowest BCUT2D eigenvalue weighted by atomic mass is 10.3. The summed E-state index contributed by atoms with van der Waals surface area (Å²) in [4.78, 5) is 17.3. The monoisotopic (exact) mass is 176 g/mol. The standard InChI is InChI=1S/C10H12N2O/c13-10-5-3-7-12(10)8-9-4-1-2-6-11-9/h1-2,4,6H,3,5,7-8H2. The van der Waals surface area contributed by atoms with Gasteiger partial charge in [0.2, 0.25) is 5.91 Å².